The SMILES string of the molecule is C#CCCCCC(=O)Nc1cccc(CNC)c1. The molecule has 3 nitrogen and oxygen atoms in total. The second kappa shape index (κ2) is 8.32. The summed E-state index contributed by atoms with van der Waals surface area (Å²) in [5.74, 6) is 2.62. The number of amides is 1. The van der Waals surface area contributed by atoms with Gasteiger partial charge in [0.1, 0.15) is 0 Å². The molecule has 1 aromatic rings. The lowest BCUT2D eigenvalue weighted by atomic mass is 10.1. The number of anilines is 1. The van der Waals surface area contributed by atoms with E-state index in [1.165, 1.54) is 0 Å². The molecule has 0 spiro atoms. The van der Waals surface area contributed by atoms with Crippen molar-refractivity contribution in [2.24, 2.45) is 0 Å². The Labute approximate surface area is 109 Å². The monoisotopic (exact) mass is 244 g/mol. The van der Waals surface area contributed by atoms with Crippen molar-refractivity contribution in [3.05, 3.63) is 29.8 Å². The molecule has 0 fully saturated rings. The zero-order valence-electron chi connectivity index (χ0n) is 10.8. The minimum atomic E-state index is 0.0497. The Morgan fingerprint density at radius 3 is 2.94 bits per heavy atom. The van der Waals surface area contributed by atoms with E-state index in [1.54, 1.807) is 0 Å². The summed E-state index contributed by atoms with van der Waals surface area (Å²) in [5, 5.41) is 5.98. The molecule has 0 atom stereocenters. The molecule has 2 N–H and O–H groups in total. The predicted octanol–water partition coefficient (Wildman–Crippen LogP) is 2.54. The van der Waals surface area contributed by atoms with Gasteiger partial charge in [-0.3, -0.25) is 4.79 Å². The fourth-order valence-electron chi connectivity index (χ4n) is 1.70. The van der Waals surface area contributed by atoms with Gasteiger partial charge in [0.2, 0.25) is 5.91 Å². The van der Waals surface area contributed by atoms with E-state index in [9.17, 15) is 4.79 Å². The molecule has 1 rings (SSSR count). The molecule has 3 heteroatoms. The lowest BCUT2D eigenvalue weighted by Crippen LogP contribution is -2.12. The zero-order chi connectivity index (χ0) is 13.2. The van der Waals surface area contributed by atoms with Gasteiger partial charge in [-0.1, -0.05) is 12.1 Å². The standard InChI is InChI=1S/C15H20N2O/c1-3-4-5-6-10-15(18)17-14-9-7-8-13(11-14)12-16-2/h1,7-9,11,16H,4-6,10,12H2,2H3,(H,17,18). The Bertz CT molecular complexity index is 421. The highest BCUT2D eigenvalue weighted by Crippen LogP contribution is 2.11. The van der Waals surface area contributed by atoms with Crippen LogP contribution in [0.4, 0.5) is 5.69 Å². The largest absolute Gasteiger partial charge is 0.326 e. The molecule has 0 bridgehead atoms. The molecule has 0 aliphatic carbocycles. The van der Waals surface area contributed by atoms with Crippen LogP contribution in [0.15, 0.2) is 24.3 Å². The lowest BCUT2D eigenvalue weighted by Gasteiger charge is -2.07. The van der Waals surface area contributed by atoms with Crippen molar-refractivity contribution in [2.75, 3.05) is 12.4 Å². The molecule has 1 aromatic carbocycles. The molecule has 96 valence electrons. The third-order valence-electron chi connectivity index (χ3n) is 2.57. The molecule has 18 heavy (non-hydrogen) atoms. The average Bonchev–Trinajstić information content (AvgIpc) is 2.35. The first-order valence-corrected chi connectivity index (χ1v) is 6.23. The number of nitrogens with one attached hydrogen (secondary N) is 2. The van der Waals surface area contributed by atoms with E-state index in [1.807, 2.05) is 31.3 Å². The van der Waals surface area contributed by atoms with E-state index in [0.717, 1.165) is 37.1 Å². The molecule has 0 radical (unpaired) electrons. The molecule has 0 heterocycles. The van der Waals surface area contributed by atoms with Gasteiger partial charge in [-0.15, -0.1) is 12.3 Å². The van der Waals surface area contributed by atoms with Crippen LogP contribution in [0.1, 0.15) is 31.2 Å². The number of hydrogen-bond acceptors (Lipinski definition) is 2. The molecule has 0 aromatic heterocycles. The Balaban J connectivity index is 2.39. The van der Waals surface area contributed by atoms with Gasteiger partial charge < -0.3 is 10.6 Å². The summed E-state index contributed by atoms with van der Waals surface area (Å²) >= 11 is 0. The summed E-state index contributed by atoms with van der Waals surface area (Å²) in [6.07, 6.45) is 8.17. The van der Waals surface area contributed by atoms with Gasteiger partial charge in [0, 0.05) is 25.1 Å². The summed E-state index contributed by atoms with van der Waals surface area (Å²) < 4.78 is 0. The van der Waals surface area contributed by atoms with Crippen LogP contribution in [0.25, 0.3) is 0 Å². The van der Waals surface area contributed by atoms with Crippen molar-refractivity contribution in [2.45, 2.75) is 32.2 Å². The summed E-state index contributed by atoms with van der Waals surface area (Å²) in [7, 11) is 1.90. The zero-order valence-corrected chi connectivity index (χ0v) is 10.8. The average molecular weight is 244 g/mol. The quantitative estimate of drug-likeness (QED) is 0.571. The summed E-state index contributed by atoms with van der Waals surface area (Å²) in [5.41, 5.74) is 2.01. The topological polar surface area (TPSA) is 41.1 Å². The number of carbonyl (C=O) groups is 1. The van der Waals surface area contributed by atoms with Gasteiger partial charge >= 0.3 is 0 Å². The molecule has 0 aliphatic heterocycles. The molecular weight excluding hydrogens is 224 g/mol. The van der Waals surface area contributed by atoms with Crippen LogP contribution in [-0.2, 0) is 11.3 Å². The first-order chi connectivity index (χ1) is 8.76. The maximum atomic E-state index is 11.7. The predicted molar refractivity (Wildman–Crippen MR) is 75.1 cm³/mol. The maximum absolute atomic E-state index is 11.7. The highest BCUT2D eigenvalue weighted by Gasteiger charge is 2.02. The molecular formula is C15H20N2O. The second-order valence-electron chi connectivity index (χ2n) is 4.19. The fraction of sp³-hybridized carbons (Fsp3) is 0.400. The Hall–Kier alpha value is -1.79. The third kappa shape index (κ3) is 5.51. The van der Waals surface area contributed by atoms with E-state index >= 15 is 0 Å². The van der Waals surface area contributed by atoms with Crippen LogP contribution in [0.2, 0.25) is 0 Å². The van der Waals surface area contributed by atoms with Gasteiger partial charge in [-0.25, -0.2) is 0 Å². The van der Waals surface area contributed by atoms with Gasteiger partial charge in [-0.05, 0) is 37.6 Å². The van der Waals surface area contributed by atoms with Crippen LogP contribution in [0.5, 0.6) is 0 Å². The van der Waals surface area contributed by atoms with E-state index in [4.69, 9.17) is 6.42 Å². The number of benzene rings is 1. The molecule has 0 saturated heterocycles. The summed E-state index contributed by atoms with van der Waals surface area (Å²) in [6.45, 7) is 0.797. The highest BCUT2D eigenvalue weighted by molar-refractivity contribution is 5.90. The number of hydrogen-bond donors (Lipinski definition) is 2. The number of carbonyl (C=O) groups excluding carboxylic acids is 1. The van der Waals surface area contributed by atoms with Crippen LogP contribution in [0.3, 0.4) is 0 Å². The first-order valence-electron chi connectivity index (χ1n) is 6.23. The number of terminal acetylenes is 1. The van der Waals surface area contributed by atoms with Gasteiger partial charge in [0.05, 0.1) is 0 Å². The molecule has 0 aliphatic rings. The van der Waals surface area contributed by atoms with Gasteiger partial charge in [0.15, 0.2) is 0 Å². The highest BCUT2D eigenvalue weighted by atomic mass is 16.1. The van der Waals surface area contributed by atoms with Gasteiger partial charge in [-0.2, -0.15) is 0 Å². The first kappa shape index (κ1) is 14.3. The van der Waals surface area contributed by atoms with Crippen molar-refractivity contribution in [1.82, 2.24) is 5.32 Å². The number of rotatable bonds is 7. The number of unbranched alkanes of at least 4 members (excludes halogenated alkanes) is 2. The summed E-state index contributed by atoms with van der Waals surface area (Å²) in [6, 6.07) is 7.86. The van der Waals surface area contributed by atoms with E-state index in [2.05, 4.69) is 16.6 Å². The van der Waals surface area contributed by atoms with Crippen LogP contribution in [0, 0.1) is 12.3 Å². The van der Waals surface area contributed by atoms with Crippen molar-refractivity contribution in [3.8, 4) is 12.3 Å². The Kier molecular flexibility index (Phi) is 6.60. The third-order valence-corrected chi connectivity index (χ3v) is 2.57. The van der Waals surface area contributed by atoms with Crippen molar-refractivity contribution in [3.63, 3.8) is 0 Å². The van der Waals surface area contributed by atoms with Crippen LogP contribution in [-0.4, -0.2) is 13.0 Å². The molecule has 1 amide bonds. The normalized spacial score (nSPS) is 9.78. The van der Waals surface area contributed by atoms with Crippen molar-refractivity contribution < 1.29 is 4.79 Å². The van der Waals surface area contributed by atoms with Gasteiger partial charge in [0.25, 0.3) is 0 Å². The summed E-state index contributed by atoms with van der Waals surface area (Å²) in [4.78, 5) is 11.7. The fourth-order valence-corrected chi connectivity index (χ4v) is 1.70. The smallest absolute Gasteiger partial charge is 0.224 e. The van der Waals surface area contributed by atoms with E-state index in [0.29, 0.717) is 6.42 Å². The molecule has 0 saturated carbocycles. The maximum Gasteiger partial charge on any atom is 0.224 e. The Morgan fingerprint density at radius 1 is 1.39 bits per heavy atom. The minimum absolute atomic E-state index is 0.0497. The lowest BCUT2D eigenvalue weighted by molar-refractivity contribution is -0.116. The van der Waals surface area contributed by atoms with E-state index in [-0.39, 0.29) is 5.91 Å². The minimum Gasteiger partial charge on any atom is -0.326 e. The molecule has 0 unspecified atom stereocenters. The van der Waals surface area contributed by atoms with Crippen molar-refractivity contribution >= 4 is 11.6 Å². The second-order valence-corrected chi connectivity index (χ2v) is 4.19. The van der Waals surface area contributed by atoms with E-state index < -0.39 is 0 Å². The van der Waals surface area contributed by atoms with Crippen molar-refractivity contribution in [1.29, 1.82) is 0 Å². The van der Waals surface area contributed by atoms with Crippen LogP contribution < -0.4 is 10.6 Å². The Morgan fingerprint density at radius 2 is 2.22 bits per heavy atom. The van der Waals surface area contributed by atoms with Crippen LogP contribution >= 0.6 is 0 Å².